The van der Waals surface area contributed by atoms with Gasteiger partial charge in [0.2, 0.25) is 0 Å². The number of hydrogen-bond acceptors (Lipinski definition) is 3. The predicted molar refractivity (Wildman–Crippen MR) is 82.7 cm³/mol. The Kier molecular flexibility index (Phi) is 2.57. The summed E-state index contributed by atoms with van der Waals surface area (Å²) in [6.07, 6.45) is 10.4. The molecule has 0 spiro atoms. The summed E-state index contributed by atoms with van der Waals surface area (Å²) in [6, 6.07) is 2.05. The summed E-state index contributed by atoms with van der Waals surface area (Å²) >= 11 is 0. The Morgan fingerprint density at radius 2 is 1.70 bits per heavy atom. The monoisotopic (exact) mass is 271 g/mol. The molecule has 1 heterocycles. The molecule has 4 aliphatic rings. The Hall–Kier alpha value is -1.25. The normalized spacial score (nSPS) is 38.2. The maximum atomic E-state index is 6.24. The molecule has 0 saturated heterocycles. The van der Waals surface area contributed by atoms with Gasteiger partial charge in [-0.1, -0.05) is 0 Å². The zero-order valence-corrected chi connectivity index (χ0v) is 12.6. The van der Waals surface area contributed by atoms with Crippen LogP contribution in [-0.2, 0) is 0 Å². The van der Waals surface area contributed by atoms with Crippen molar-refractivity contribution < 1.29 is 0 Å². The first kappa shape index (κ1) is 12.5. The second kappa shape index (κ2) is 4.12. The van der Waals surface area contributed by atoms with Crippen LogP contribution in [0.4, 0.5) is 11.5 Å². The molecule has 4 aliphatic carbocycles. The van der Waals surface area contributed by atoms with Crippen molar-refractivity contribution in [2.45, 2.75) is 51.0 Å². The van der Waals surface area contributed by atoms with Gasteiger partial charge >= 0.3 is 0 Å². The molecule has 2 N–H and O–H groups in total. The lowest BCUT2D eigenvalue weighted by Crippen LogP contribution is -2.59. The Labute approximate surface area is 121 Å². The van der Waals surface area contributed by atoms with Crippen molar-refractivity contribution in [2.24, 2.45) is 17.8 Å². The number of hydrogen-bond donors (Lipinski definition) is 1. The first-order valence-corrected chi connectivity index (χ1v) is 8.02. The van der Waals surface area contributed by atoms with Crippen LogP contribution in [0.5, 0.6) is 0 Å². The van der Waals surface area contributed by atoms with Gasteiger partial charge < -0.3 is 10.6 Å². The Balaban J connectivity index is 1.69. The molecule has 0 amide bonds. The molecule has 0 unspecified atom stereocenters. The van der Waals surface area contributed by atoms with Crippen LogP contribution in [0.2, 0.25) is 0 Å². The Morgan fingerprint density at radius 3 is 2.20 bits per heavy atom. The highest BCUT2D eigenvalue weighted by Crippen LogP contribution is 2.58. The smallest absolute Gasteiger partial charge is 0.151 e. The van der Waals surface area contributed by atoms with Gasteiger partial charge in [0, 0.05) is 18.8 Å². The van der Waals surface area contributed by atoms with E-state index >= 15 is 0 Å². The van der Waals surface area contributed by atoms with Gasteiger partial charge in [-0.05, 0) is 74.8 Å². The molecular formula is C17H25N3. The minimum atomic E-state index is 0.338. The number of rotatable bonds is 2. The molecule has 108 valence electrons. The first-order valence-electron chi connectivity index (χ1n) is 8.02. The molecule has 3 nitrogen and oxygen atoms in total. The van der Waals surface area contributed by atoms with Gasteiger partial charge in [0.1, 0.15) is 0 Å². The van der Waals surface area contributed by atoms with E-state index < -0.39 is 0 Å². The SMILES string of the molecule is Cc1cnc(N(C)C23CC4CC(CC(C4)C2)C3)c(N)c1. The molecule has 5 rings (SSSR count). The van der Waals surface area contributed by atoms with Crippen LogP contribution >= 0.6 is 0 Å². The van der Waals surface area contributed by atoms with E-state index in [1.165, 1.54) is 38.5 Å². The van der Waals surface area contributed by atoms with Gasteiger partial charge in [-0.25, -0.2) is 4.98 Å². The minimum Gasteiger partial charge on any atom is -0.396 e. The van der Waals surface area contributed by atoms with E-state index in [9.17, 15) is 0 Å². The van der Waals surface area contributed by atoms with Crippen LogP contribution in [0, 0.1) is 24.7 Å². The second-order valence-electron chi connectivity index (χ2n) is 7.63. The quantitative estimate of drug-likeness (QED) is 0.896. The van der Waals surface area contributed by atoms with Crippen molar-refractivity contribution in [1.82, 2.24) is 4.98 Å². The molecule has 4 saturated carbocycles. The summed E-state index contributed by atoms with van der Waals surface area (Å²) in [4.78, 5) is 7.07. The standard InChI is InChI=1S/C17H25N3/c1-11-3-15(18)16(19-10-11)20(2)17-7-12-4-13(8-17)6-14(5-12)9-17/h3,10,12-14H,4-9,18H2,1-2H3. The molecule has 1 aromatic rings. The minimum absolute atomic E-state index is 0.338. The van der Waals surface area contributed by atoms with Gasteiger partial charge in [0.25, 0.3) is 0 Å². The maximum absolute atomic E-state index is 6.24. The summed E-state index contributed by atoms with van der Waals surface area (Å²) in [5.41, 5.74) is 8.56. The largest absolute Gasteiger partial charge is 0.396 e. The zero-order valence-electron chi connectivity index (χ0n) is 12.6. The molecule has 0 radical (unpaired) electrons. The first-order chi connectivity index (χ1) is 9.56. The molecule has 0 aromatic carbocycles. The summed E-state index contributed by atoms with van der Waals surface area (Å²) in [5, 5.41) is 0. The van der Waals surface area contributed by atoms with E-state index in [4.69, 9.17) is 5.73 Å². The molecule has 4 fully saturated rings. The van der Waals surface area contributed by atoms with E-state index in [1.807, 2.05) is 6.20 Å². The van der Waals surface area contributed by atoms with Gasteiger partial charge in [-0.2, -0.15) is 0 Å². The molecule has 1 aromatic heterocycles. The van der Waals surface area contributed by atoms with Crippen LogP contribution in [0.25, 0.3) is 0 Å². The predicted octanol–water partition coefficient (Wildman–Crippen LogP) is 3.38. The van der Waals surface area contributed by atoms with Crippen molar-refractivity contribution in [1.29, 1.82) is 0 Å². The van der Waals surface area contributed by atoms with Crippen molar-refractivity contribution in [3.8, 4) is 0 Å². The number of nitrogens with zero attached hydrogens (tertiary/aromatic N) is 2. The van der Waals surface area contributed by atoms with Gasteiger partial charge in [0.15, 0.2) is 5.82 Å². The molecule has 0 aliphatic heterocycles. The lowest BCUT2D eigenvalue weighted by molar-refractivity contribution is -0.00224. The number of anilines is 2. The molecule has 4 bridgehead atoms. The highest BCUT2D eigenvalue weighted by molar-refractivity contribution is 5.64. The average Bonchev–Trinajstić information content (AvgIpc) is 2.36. The lowest BCUT2D eigenvalue weighted by atomic mass is 9.52. The van der Waals surface area contributed by atoms with Crippen LogP contribution in [0.15, 0.2) is 12.3 Å². The lowest BCUT2D eigenvalue weighted by Gasteiger charge is -2.60. The third-order valence-electron chi connectivity index (χ3n) is 6.07. The second-order valence-corrected chi connectivity index (χ2v) is 7.63. The number of aryl methyl sites for hydroxylation is 1. The van der Waals surface area contributed by atoms with E-state index in [1.54, 1.807) is 0 Å². The topological polar surface area (TPSA) is 42.2 Å². The Bertz CT molecular complexity index is 502. The number of pyridine rings is 1. The molecule has 0 atom stereocenters. The van der Waals surface area contributed by atoms with Crippen LogP contribution < -0.4 is 10.6 Å². The van der Waals surface area contributed by atoms with E-state index in [0.717, 1.165) is 34.8 Å². The fraction of sp³-hybridized carbons (Fsp3) is 0.706. The van der Waals surface area contributed by atoms with Crippen molar-refractivity contribution in [3.63, 3.8) is 0 Å². The maximum Gasteiger partial charge on any atom is 0.151 e. The van der Waals surface area contributed by atoms with Gasteiger partial charge in [-0.3, -0.25) is 0 Å². The molecule has 20 heavy (non-hydrogen) atoms. The van der Waals surface area contributed by atoms with Crippen molar-refractivity contribution in [2.75, 3.05) is 17.7 Å². The Morgan fingerprint density at radius 1 is 1.15 bits per heavy atom. The van der Waals surface area contributed by atoms with Gasteiger partial charge in [0.05, 0.1) is 5.69 Å². The van der Waals surface area contributed by atoms with E-state index in [-0.39, 0.29) is 0 Å². The van der Waals surface area contributed by atoms with E-state index in [0.29, 0.717) is 5.54 Å². The molecular weight excluding hydrogens is 246 g/mol. The van der Waals surface area contributed by atoms with Crippen molar-refractivity contribution >= 4 is 11.5 Å². The third kappa shape index (κ3) is 1.75. The fourth-order valence-electron chi connectivity index (χ4n) is 5.57. The highest BCUT2D eigenvalue weighted by Gasteiger charge is 2.53. The fourth-order valence-corrected chi connectivity index (χ4v) is 5.57. The number of aromatic nitrogens is 1. The average molecular weight is 271 g/mol. The van der Waals surface area contributed by atoms with E-state index in [2.05, 4.69) is 29.9 Å². The summed E-state index contributed by atoms with van der Waals surface area (Å²) in [6.45, 7) is 2.05. The van der Waals surface area contributed by atoms with Crippen LogP contribution in [0.3, 0.4) is 0 Å². The zero-order chi connectivity index (χ0) is 13.9. The van der Waals surface area contributed by atoms with Crippen molar-refractivity contribution in [3.05, 3.63) is 17.8 Å². The summed E-state index contributed by atoms with van der Waals surface area (Å²) in [5.74, 6) is 3.86. The summed E-state index contributed by atoms with van der Waals surface area (Å²) < 4.78 is 0. The highest BCUT2D eigenvalue weighted by atomic mass is 15.2. The van der Waals surface area contributed by atoms with Gasteiger partial charge in [-0.15, -0.1) is 0 Å². The van der Waals surface area contributed by atoms with Crippen LogP contribution in [-0.4, -0.2) is 17.6 Å². The summed E-state index contributed by atoms with van der Waals surface area (Å²) in [7, 11) is 2.22. The number of nitrogen functional groups attached to an aromatic ring is 1. The van der Waals surface area contributed by atoms with Crippen LogP contribution in [0.1, 0.15) is 44.1 Å². The number of nitrogens with two attached hydrogens (primary N) is 1. The molecule has 3 heteroatoms. The third-order valence-corrected chi connectivity index (χ3v) is 6.07.